The second kappa shape index (κ2) is 7.08. The van der Waals surface area contributed by atoms with Crippen LogP contribution in [0.3, 0.4) is 0 Å². The van der Waals surface area contributed by atoms with Crippen LogP contribution in [-0.4, -0.2) is 20.2 Å². The lowest BCUT2D eigenvalue weighted by Gasteiger charge is -2.04. The van der Waals surface area contributed by atoms with Crippen molar-refractivity contribution in [2.45, 2.75) is 6.92 Å². The molecule has 4 aromatic rings. The fourth-order valence-corrected chi connectivity index (χ4v) is 4.34. The summed E-state index contributed by atoms with van der Waals surface area (Å²) in [5, 5.41) is 21.8. The Kier molecular flexibility index (Phi) is 4.62. The maximum absolute atomic E-state index is 9.05. The van der Waals surface area contributed by atoms with Gasteiger partial charge in [0, 0.05) is 11.8 Å². The summed E-state index contributed by atoms with van der Waals surface area (Å²) in [6, 6.07) is 10.7. The van der Waals surface area contributed by atoms with Gasteiger partial charge in [0.2, 0.25) is 0 Å². The van der Waals surface area contributed by atoms with Crippen molar-refractivity contribution < 1.29 is 0 Å². The molecule has 0 atom stereocenters. The Morgan fingerprint density at radius 3 is 2.56 bits per heavy atom. The van der Waals surface area contributed by atoms with Gasteiger partial charge >= 0.3 is 0 Å². The topological polar surface area (TPSA) is 87.4 Å². The highest BCUT2D eigenvalue weighted by molar-refractivity contribution is 7.22. The van der Waals surface area contributed by atoms with E-state index in [0.29, 0.717) is 37.8 Å². The number of nitrogens with one attached hydrogen (secondary N) is 1. The van der Waals surface area contributed by atoms with E-state index in [-0.39, 0.29) is 0 Å². The number of aryl methyl sites for hydroxylation is 1. The molecule has 9 heteroatoms. The first-order valence-corrected chi connectivity index (χ1v) is 9.35. The lowest BCUT2D eigenvalue weighted by atomic mass is 10.1. The number of fused-ring (bicyclic) bond motifs is 1. The van der Waals surface area contributed by atoms with Crippen molar-refractivity contribution in [3.8, 4) is 16.6 Å². The summed E-state index contributed by atoms with van der Waals surface area (Å²) in [7, 11) is 0. The highest BCUT2D eigenvalue weighted by Gasteiger charge is 2.17. The maximum Gasteiger partial charge on any atom is 0.154 e. The van der Waals surface area contributed by atoms with Crippen molar-refractivity contribution in [1.82, 2.24) is 20.2 Å². The number of nitrogens with zero attached hydrogens (tertiary/aromatic N) is 5. The molecule has 0 unspecified atom stereocenters. The highest BCUT2D eigenvalue weighted by Crippen LogP contribution is 2.41. The molecule has 0 bridgehead atoms. The van der Waals surface area contributed by atoms with Crippen LogP contribution in [0.2, 0.25) is 10.0 Å². The number of thiazole rings is 1. The van der Waals surface area contributed by atoms with E-state index in [0.717, 1.165) is 15.9 Å². The molecule has 4 rings (SSSR count). The Bertz CT molecular complexity index is 1170. The summed E-state index contributed by atoms with van der Waals surface area (Å²) >= 11 is 14.1. The number of rotatable bonds is 3. The van der Waals surface area contributed by atoms with Gasteiger partial charge < -0.3 is 5.32 Å². The average Bonchev–Trinajstić information content (AvgIpc) is 3.07. The van der Waals surface area contributed by atoms with Gasteiger partial charge in [-0.2, -0.15) is 10.4 Å². The molecule has 0 spiro atoms. The molecule has 1 aromatic carbocycles. The quantitative estimate of drug-likeness (QED) is 0.485. The van der Waals surface area contributed by atoms with Gasteiger partial charge in [-0.3, -0.25) is 0 Å². The summed E-state index contributed by atoms with van der Waals surface area (Å²) in [5.41, 5.74) is 2.58. The first-order chi connectivity index (χ1) is 13.0. The molecule has 132 valence electrons. The molecule has 3 heterocycles. The third-order valence-electron chi connectivity index (χ3n) is 3.73. The summed E-state index contributed by atoms with van der Waals surface area (Å²) < 4.78 is 0.839. The van der Waals surface area contributed by atoms with Crippen molar-refractivity contribution in [3.63, 3.8) is 0 Å². The lowest BCUT2D eigenvalue weighted by molar-refractivity contribution is 0.984. The van der Waals surface area contributed by atoms with E-state index in [1.807, 2.05) is 31.2 Å². The fourth-order valence-electron chi connectivity index (χ4n) is 2.48. The second-order valence-electron chi connectivity index (χ2n) is 5.64. The highest BCUT2D eigenvalue weighted by atomic mass is 35.5. The van der Waals surface area contributed by atoms with Crippen molar-refractivity contribution in [2.75, 3.05) is 5.32 Å². The molecule has 0 aliphatic rings. The van der Waals surface area contributed by atoms with Gasteiger partial charge in [-0.15, -0.1) is 16.4 Å². The van der Waals surface area contributed by atoms with Gasteiger partial charge in [0.1, 0.15) is 5.01 Å². The van der Waals surface area contributed by atoms with Crippen molar-refractivity contribution in [2.24, 2.45) is 0 Å². The Morgan fingerprint density at radius 2 is 1.89 bits per heavy atom. The number of halogens is 2. The van der Waals surface area contributed by atoms with Crippen LogP contribution in [0.1, 0.15) is 11.3 Å². The van der Waals surface area contributed by atoms with Crippen molar-refractivity contribution >= 4 is 56.4 Å². The number of pyridine rings is 1. The predicted molar refractivity (Wildman–Crippen MR) is 108 cm³/mol. The normalized spacial score (nSPS) is 10.7. The minimum atomic E-state index is 0.380. The average molecular weight is 413 g/mol. The molecular weight excluding hydrogens is 403 g/mol. The van der Waals surface area contributed by atoms with Gasteiger partial charge in [-0.1, -0.05) is 23.2 Å². The number of anilines is 2. The molecule has 0 aliphatic carbocycles. The minimum Gasteiger partial charge on any atom is -0.322 e. The largest absolute Gasteiger partial charge is 0.322 e. The molecule has 0 fully saturated rings. The molecule has 3 aromatic heterocycles. The summed E-state index contributed by atoms with van der Waals surface area (Å²) in [6.07, 6.45) is 1.66. The molecule has 0 saturated heterocycles. The number of nitriles is 1. The number of benzene rings is 1. The van der Waals surface area contributed by atoms with Gasteiger partial charge in [-0.25, -0.2) is 9.97 Å². The molecule has 0 radical (unpaired) electrons. The predicted octanol–water partition coefficient (Wildman–Crippen LogP) is 5.38. The van der Waals surface area contributed by atoms with Crippen LogP contribution in [0.5, 0.6) is 0 Å². The standard InChI is InChI=1S/C18H10Cl2N6S/c1-9-2-3-14(26-25-9)24-17-16-13(4-5-22-17)23-18(27-16)15-11(19)6-10(8-21)7-12(15)20/h2-7H,1H3,(H,22,24,26). The van der Waals surface area contributed by atoms with E-state index in [9.17, 15) is 0 Å². The van der Waals surface area contributed by atoms with Gasteiger partial charge in [0.05, 0.1) is 37.6 Å². The Labute approximate surface area is 168 Å². The van der Waals surface area contributed by atoms with Crippen LogP contribution in [0.25, 0.3) is 20.8 Å². The molecule has 1 N–H and O–H groups in total. The van der Waals surface area contributed by atoms with E-state index in [4.69, 9.17) is 28.5 Å². The molecule has 0 aliphatic heterocycles. The smallest absolute Gasteiger partial charge is 0.154 e. The van der Waals surface area contributed by atoms with E-state index < -0.39 is 0 Å². The first kappa shape index (κ1) is 17.6. The zero-order chi connectivity index (χ0) is 19.0. The zero-order valence-corrected chi connectivity index (χ0v) is 16.2. The molecule has 6 nitrogen and oxygen atoms in total. The monoisotopic (exact) mass is 412 g/mol. The Balaban J connectivity index is 1.80. The molecule has 0 saturated carbocycles. The summed E-state index contributed by atoms with van der Waals surface area (Å²) in [5.74, 6) is 1.21. The van der Waals surface area contributed by atoms with Crippen molar-refractivity contribution in [3.05, 3.63) is 57.8 Å². The van der Waals surface area contributed by atoms with Crippen LogP contribution in [-0.2, 0) is 0 Å². The number of aromatic nitrogens is 4. The summed E-state index contributed by atoms with van der Waals surface area (Å²) in [6.45, 7) is 1.87. The Hall–Kier alpha value is -2.79. The fraction of sp³-hybridized carbons (Fsp3) is 0.0556. The minimum absolute atomic E-state index is 0.380. The molecular formula is C18H10Cl2N6S. The van der Waals surface area contributed by atoms with E-state index in [1.165, 1.54) is 11.3 Å². The van der Waals surface area contributed by atoms with Gasteiger partial charge in [0.25, 0.3) is 0 Å². The SMILES string of the molecule is Cc1ccc(Nc2nccc3nc(-c4c(Cl)cc(C#N)cc4Cl)sc23)nn1. The van der Waals surface area contributed by atoms with E-state index in [2.05, 4.69) is 25.5 Å². The number of hydrogen-bond donors (Lipinski definition) is 1. The van der Waals surface area contributed by atoms with Crippen LogP contribution >= 0.6 is 34.5 Å². The van der Waals surface area contributed by atoms with Gasteiger partial charge in [-0.05, 0) is 37.3 Å². The maximum atomic E-state index is 9.05. The van der Waals surface area contributed by atoms with Crippen LogP contribution in [0, 0.1) is 18.3 Å². The zero-order valence-electron chi connectivity index (χ0n) is 13.9. The van der Waals surface area contributed by atoms with Crippen LogP contribution < -0.4 is 5.32 Å². The van der Waals surface area contributed by atoms with Gasteiger partial charge in [0.15, 0.2) is 11.6 Å². The Morgan fingerprint density at radius 1 is 1.11 bits per heavy atom. The third-order valence-corrected chi connectivity index (χ3v) is 5.43. The van der Waals surface area contributed by atoms with Crippen molar-refractivity contribution in [1.29, 1.82) is 5.26 Å². The summed E-state index contributed by atoms with van der Waals surface area (Å²) in [4.78, 5) is 9.01. The van der Waals surface area contributed by atoms with Crippen LogP contribution in [0.15, 0.2) is 36.5 Å². The first-order valence-electron chi connectivity index (χ1n) is 7.77. The van der Waals surface area contributed by atoms with E-state index in [1.54, 1.807) is 18.3 Å². The lowest BCUT2D eigenvalue weighted by Crippen LogP contribution is -1.97. The molecule has 27 heavy (non-hydrogen) atoms. The third kappa shape index (κ3) is 3.43. The van der Waals surface area contributed by atoms with E-state index >= 15 is 0 Å². The van der Waals surface area contributed by atoms with Crippen LogP contribution in [0.4, 0.5) is 11.6 Å². The molecule has 0 amide bonds. The second-order valence-corrected chi connectivity index (χ2v) is 7.45. The number of hydrogen-bond acceptors (Lipinski definition) is 7.